The Balaban J connectivity index is 1.22. The number of benzene rings is 2. The molecule has 4 rings (SSSR count). The van der Waals surface area contributed by atoms with Gasteiger partial charge in [0, 0.05) is 49.2 Å². The Bertz CT molecular complexity index is 1140. The molecule has 1 amide bonds. The molecule has 2 heterocycles. The molecule has 10 heteroatoms. The van der Waals surface area contributed by atoms with E-state index in [0.717, 1.165) is 5.39 Å². The number of nitrogens with zero attached hydrogens (tertiary/aromatic N) is 3. The zero-order chi connectivity index (χ0) is 23.4. The minimum Gasteiger partial charge on any atom is -0.491 e. The third-order valence-electron chi connectivity index (χ3n) is 5.32. The van der Waals surface area contributed by atoms with Crippen LogP contribution in [0.15, 0.2) is 48.5 Å². The fraction of sp³-hybridized carbons (Fsp3) is 0.304. The number of piperazine rings is 1. The van der Waals surface area contributed by atoms with Crippen LogP contribution >= 0.6 is 23.2 Å². The van der Waals surface area contributed by atoms with E-state index in [-0.39, 0.29) is 17.5 Å². The number of hydrazine groups is 1. The van der Waals surface area contributed by atoms with Crippen molar-refractivity contribution in [1.82, 2.24) is 20.3 Å². The smallest absolute Gasteiger partial charge is 0.284 e. The molecule has 1 atom stereocenters. The molecule has 1 aliphatic heterocycles. The molecule has 0 radical (unpaired) electrons. The zero-order valence-electron chi connectivity index (χ0n) is 17.7. The molecule has 33 heavy (non-hydrogen) atoms. The van der Waals surface area contributed by atoms with Gasteiger partial charge in [0.05, 0.1) is 10.5 Å². The molecule has 1 aromatic heterocycles. The first-order valence-corrected chi connectivity index (χ1v) is 11.2. The minimum atomic E-state index is -0.736. The summed E-state index contributed by atoms with van der Waals surface area (Å²) in [4.78, 5) is 19.1. The molecule has 0 spiro atoms. The van der Waals surface area contributed by atoms with Crippen molar-refractivity contribution < 1.29 is 19.0 Å². The second kappa shape index (κ2) is 10.6. The molecule has 174 valence electrons. The fourth-order valence-corrected chi connectivity index (χ4v) is 3.87. The first-order valence-electron chi connectivity index (χ1n) is 10.5. The van der Waals surface area contributed by atoms with Crippen molar-refractivity contribution in [2.24, 2.45) is 0 Å². The van der Waals surface area contributed by atoms with Crippen molar-refractivity contribution in [2.75, 3.05) is 39.3 Å². The zero-order valence-corrected chi connectivity index (χ0v) is 19.2. The van der Waals surface area contributed by atoms with Crippen LogP contribution in [-0.4, -0.2) is 71.3 Å². The lowest BCUT2D eigenvalue weighted by atomic mass is 10.2. The number of nitrogens with one attached hydrogen (secondary N) is 1. The van der Waals surface area contributed by atoms with Crippen LogP contribution in [0.4, 0.5) is 4.39 Å². The summed E-state index contributed by atoms with van der Waals surface area (Å²) in [6.45, 7) is 2.98. The third kappa shape index (κ3) is 6.31. The predicted molar refractivity (Wildman–Crippen MR) is 125 cm³/mol. The van der Waals surface area contributed by atoms with Crippen LogP contribution in [0, 0.1) is 5.82 Å². The van der Waals surface area contributed by atoms with Crippen molar-refractivity contribution in [1.29, 1.82) is 0 Å². The Morgan fingerprint density at radius 2 is 1.91 bits per heavy atom. The maximum absolute atomic E-state index is 13.5. The van der Waals surface area contributed by atoms with Crippen LogP contribution in [0.1, 0.15) is 10.5 Å². The van der Waals surface area contributed by atoms with Crippen LogP contribution in [0.25, 0.3) is 10.9 Å². The number of hydrogen-bond donors (Lipinski definition) is 2. The van der Waals surface area contributed by atoms with E-state index >= 15 is 0 Å². The second-order valence-corrected chi connectivity index (χ2v) is 8.65. The van der Waals surface area contributed by atoms with E-state index in [1.165, 1.54) is 12.1 Å². The largest absolute Gasteiger partial charge is 0.491 e. The van der Waals surface area contributed by atoms with Crippen LogP contribution in [0.3, 0.4) is 0 Å². The number of carbonyl (C=O) groups is 1. The maximum Gasteiger partial charge on any atom is 0.284 e. The average molecular weight is 493 g/mol. The molecule has 1 aliphatic rings. The van der Waals surface area contributed by atoms with E-state index in [4.69, 9.17) is 27.9 Å². The van der Waals surface area contributed by atoms with E-state index in [1.54, 1.807) is 30.3 Å². The lowest BCUT2D eigenvalue weighted by molar-refractivity contribution is 0.0315. The summed E-state index contributed by atoms with van der Waals surface area (Å²) < 4.78 is 18.9. The van der Waals surface area contributed by atoms with Gasteiger partial charge in [-0.15, -0.1) is 0 Å². The monoisotopic (exact) mass is 492 g/mol. The molecule has 2 N–H and O–H groups in total. The Hall–Kier alpha value is -2.49. The van der Waals surface area contributed by atoms with Crippen molar-refractivity contribution in [3.8, 4) is 5.75 Å². The van der Waals surface area contributed by atoms with Gasteiger partial charge < -0.3 is 9.84 Å². The summed E-state index contributed by atoms with van der Waals surface area (Å²) >= 11 is 11.6. The van der Waals surface area contributed by atoms with Gasteiger partial charge in [-0.25, -0.2) is 14.4 Å². The lowest BCUT2D eigenvalue weighted by Gasteiger charge is -2.35. The standard InChI is InChI=1S/C23H23Cl2FN4O3/c24-16-2-6-21-15(11-16)1-5-22(27-21)23(32)28-30-9-7-29(8-10-30)13-17(31)14-33-18-3-4-19(25)20(26)12-18/h1-6,11-12,17,31H,7-10,13-14H2,(H,28,32)/t17-/m1/s1. The van der Waals surface area contributed by atoms with Gasteiger partial charge in [0.25, 0.3) is 5.91 Å². The number of amides is 1. The van der Waals surface area contributed by atoms with Crippen molar-refractivity contribution in [3.63, 3.8) is 0 Å². The van der Waals surface area contributed by atoms with Gasteiger partial charge >= 0.3 is 0 Å². The van der Waals surface area contributed by atoms with Crippen molar-refractivity contribution >= 4 is 40.0 Å². The number of pyridine rings is 1. The molecule has 0 saturated carbocycles. The number of aromatic nitrogens is 1. The average Bonchev–Trinajstić information content (AvgIpc) is 2.80. The maximum atomic E-state index is 13.5. The molecule has 0 unspecified atom stereocenters. The molecule has 1 fully saturated rings. The summed E-state index contributed by atoms with van der Waals surface area (Å²) in [5, 5.41) is 13.6. The van der Waals surface area contributed by atoms with Gasteiger partial charge in [-0.2, -0.15) is 0 Å². The van der Waals surface area contributed by atoms with Crippen molar-refractivity contribution in [3.05, 3.63) is 70.1 Å². The van der Waals surface area contributed by atoms with Gasteiger partial charge in [0.1, 0.15) is 30.0 Å². The van der Waals surface area contributed by atoms with Crippen LogP contribution in [-0.2, 0) is 0 Å². The lowest BCUT2D eigenvalue weighted by Crippen LogP contribution is -2.55. The molecule has 1 saturated heterocycles. The number of hydrogen-bond acceptors (Lipinski definition) is 6. The normalized spacial score (nSPS) is 16.0. The number of ether oxygens (including phenoxy) is 1. The predicted octanol–water partition coefficient (Wildman–Crippen LogP) is 3.38. The van der Waals surface area contributed by atoms with Gasteiger partial charge in [-0.05, 0) is 36.4 Å². The second-order valence-electron chi connectivity index (χ2n) is 7.80. The highest BCUT2D eigenvalue weighted by Crippen LogP contribution is 2.21. The van der Waals surface area contributed by atoms with E-state index in [0.29, 0.717) is 54.7 Å². The van der Waals surface area contributed by atoms with Crippen LogP contribution in [0.2, 0.25) is 10.0 Å². The van der Waals surface area contributed by atoms with Gasteiger partial charge in [0.15, 0.2) is 0 Å². The highest BCUT2D eigenvalue weighted by atomic mass is 35.5. The summed E-state index contributed by atoms with van der Waals surface area (Å²) in [5.41, 5.74) is 3.92. The number of fused-ring (bicyclic) bond motifs is 1. The Kier molecular flexibility index (Phi) is 7.62. The van der Waals surface area contributed by atoms with Crippen molar-refractivity contribution in [2.45, 2.75) is 6.10 Å². The molecule has 0 aliphatic carbocycles. The topological polar surface area (TPSA) is 77.9 Å². The fourth-order valence-electron chi connectivity index (χ4n) is 3.58. The SMILES string of the molecule is O=C(NN1CCN(C[C@@H](O)COc2ccc(Cl)c(F)c2)CC1)c1ccc2cc(Cl)ccc2n1. The number of rotatable bonds is 7. The number of halogens is 3. The highest BCUT2D eigenvalue weighted by Gasteiger charge is 2.21. The first-order chi connectivity index (χ1) is 15.9. The Labute approximate surface area is 200 Å². The minimum absolute atomic E-state index is 0.0224. The van der Waals surface area contributed by atoms with Crippen LogP contribution in [0.5, 0.6) is 5.75 Å². The molecule has 2 aromatic carbocycles. The first kappa shape index (κ1) is 23.7. The van der Waals surface area contributed by atoms with E-state index in [1.807, 2.05) is 11.1 Å². The van der Waals surface area contributed by atoms with Gasteiger partial charge in [-0.3, -0.25) is 15.1 Å². The molecular weight excluding hydrogens is 470 g/mol. The number of carbonyl (C=O) groups excluding carboxylic acids is 1. The number of β-amino-alcohol motifs (C(OH)–C–C–N with tert-alkyl or cyclic N) is 1. The molecule has 0 bridgehead atoms. The Morgan fingerprint density at radius 3 is 2.67 bits per heavy atom. The highest BCUT2D eigenvalue weighted by molar-refractivity contribution is 6.31. The number of aliphatic hydroxyl groups excluding tert-OH is 1. The molecule has 7 nitrogen and oxygen atoms in total. The van der Waals surface area contributed by atoms with Gasteiger partial charge in [0.2, 0.25) is 0 Å². The summed E-state index contributed by atoms with van der Waals surface area (Å²) in [6, 6.07) is 13.0. The quantitative estimate of drug-likeness (QED) is 0.526. The van der Waals surface area contributed by atoms with E-state index in [9.17, 15) is 14.3 Å². The summed E-state index contributed by atoms with van der Waals surface area (Å²) in [6.07, 6.45) is -0.736. The van der Waals surface area contributed by atoms with Crippen LogP contribution < -0.4 is 10.2 Å². The Morgan fingerprint density at radius 1 is 1.12 bits per heavy atom. The van der Waals surface area contributed by atoms with E-state index in [2.05, 4.69) is 15.3 Å². The molecule has 3 aromatic rings. The van der Waals surface area contributed by atoms with E-state index < -0.39 is 11.9 Å². The summed E-state index contributed by atoms with van der Waals surface area (Å²) in [5.74, 6) is -0.525. The molecular formula is C23H23Cl2FN4O3. The number of aliphatic hydroxyl groups is 1. The van der Waals surface area contributed by atoms with Gasteiger partial charge in [-0.1, -0.05) is 29.3 Å². The summed E-state index contributed by atoms with van der Waals surface area (Å²) in [7, 11) is 0. The third-order valence-corrected chi connectivity index (χ3v) is 5.86.